The minimum absolute atomic E-state index is 0.169. The first kappa shape index (κ1) is 18.2. The van der Waals surface area contributed by atoms with Crippen LogP contribution in [0.1, 0.15) is 15.4 Å². The first-order chi connectivity index (χ1) is 14.8. The number of thiazole rings is 1. The van der Waals surface area contributed by atoms with Crippen molar-refractivity contribution in [3.63, 3.8) is 0 Å². The van der Waals surface area contributed by atoms with Crippen molar-refractivity contribution in [2.75, 3.05) is 0 Å². The quantitative estimate of drug-likeness (QED) is 0.442. The van der Waals surface area contributed by atoms with E-state index >= 15 is 0 Å². The van der Waals surface area contributed by atoms with Crippen LogP contribution < -0.4 is 5.32 Å². The maximum Gasteiger partial charge on any atom is 0.251 e. The third kappa shape index (κ3) is 3.58. The molecule has 0 aliphatic rings. The monoisotopic (exact) mass is 412 g/mol. The number of amides is 1. The van der Waals surface area contributed by atoms with Gasteiger partial charge in [0.2, 0.25) is 0 Å². The van der Waals surface area contributed by atoms with Gasteiger partial charge in [0, 0.05) is 34.5 Å². The van der Waals surface area contributed by atoms with Crippen LogP contribution in [0.25, 0.3) is 33.5 Å². The molecule has 146 valence electrons. The van der Waals surface area contributed by atoms with Gasteiger partial charge in [0.15, 0.2) is 5.76 Å². The molecule has 2 aromatic carbocycles. The molecule has 0 spiro atoms. The molecule has 0 saturated carbocycles. The molecule has 30 heavy (non-hydrogen) atoms. The summed E-state index contributed by atoms with van der Waals surface area (Å²) in [5.74, 6) is 0.486. The highest BCUT2D eigenvalue weighted by atomic mass is 32.1. The van der Waals surface area contributed by atoms with Gasteiger partial charge in [0.1, 0.15) is 10.5 Å². The molecule has 0 radical (unpaired) electrons. The lowest BCUT2D eigenvalue weighted by molar-refractivity contribution is 0.0951. The van der Waals surface area contributed by atoms with Crippen molar-refractivity contribution in [2.45, 2.75) is 6.54 Å². The number of hydrogen-bond acceptors (Lipinski definition) is 6. The van der Waals surface area contributed by atoms with E-state index in [0.29, 0.717) is 23.4 Å². The van der Waals surface area contributed by atoms with E-state index in [1.807, 2.05) is 53.9 Å². The Kier molecular flexibility index (Phi) is 4.78. The van der Waals surface area contributed by atoms with Gasteiger partial charge < -0.3 is 9.84 Å². The van der Waals surface area contributed by atoms with Crippen LogP contribution in [0.15, 0.2) is 83.0 Å². The van der Waals surface area contributed by atoms with Crippen LogP contribution in [0.4, 0.5) is 0 Å². The molecule has 0 saturated heterocycles. The van der Waals surface area contributed by atoms with E-state index in [1.165, 1.54) is 11.3 Å². The summed E-state index contributed by atoms with van der Waals surface area (Å²) in [6, 6.07) is 18.9. The van der Waals surface area contributed by atoms with Gasteiger partial charge in [-0.1, -0.05) is 35.5 Å². The number of fused-ring (bicyclic) bond motifs is 1. The second kappa shape index (κ2) is 7.88. The molecule has 1 N–H and O–H groups in total. The summed E-state index contributed by atoms with van der Waals surface area (Å²) >= 11 is 1.51. The highest BCUT2D eigenvalue weighted by molar-refractivity contribution is 7.09. The number of pyridine rings is 1. The zero-order valence-corrected chi connectivity index (χ0v) is 16.6. The van der Waals surface area contributed by atoms with Crippen molar-refractivity contribution in [3.8, 4) is 22.6 Å². The molecule has 5 rings (SSSR count). The van der Waals surface area contributed by atoms with Crippen molar-refractivity contribution < 1.29 is 9.32 Å². The molecule has 3 aromatic heterocycles. The predicted octanol–water partition coefficient (Wildman–Crippen LogP) is 4.94. The smallest absolute Gasteiger partial charge is 0.251 e. The number of nitrogens with zero attached hydrogens (tertiary/aromatic N) is 3. The van der Waals surface area contributed by atoms with E-state index in [0.717, 1.165) is 27.2 Å². The minimum Gasteiger partial charge on any atom is -0.355 e. The molecule has 7 heteroatoms. The van der Waals surface area contributed by atoms with Gasteiger partial charge in [-0.3, -0.25) is 9.78 Å². The van der Waals surface area contributed by atoms with Gasteiger partial charge in [-0.25, -0.2) is 4.98 Å². The largest absolute Gasteiger partial charge is 0.355 e. The number of hydrogen-bond donors (Lipinski definition) is 1. The van der Waals surface area contributed by atoms with Crippen molar-refractivity contribution >= 4 is 28.1 Å². The predicted molar refractivity (Wildman–Crippen MR) is 116 cm³/mol. The second-order valence-corrected chi connectivity index (χ2v) is 7.60. The van der Waals surface area contributed by atoms with E-state index in [2.05, 4.69) is 20.4 Å². The average molecular weight is 412 g/mol. The number of rotatable bonds is 5. The van der Waals surface area contributed by atoms with Crippen molar-refractivity contribution in [1.29, 1.82) is 0 Å². The fourth-order valence-corrected chi connectivity index (χ4v) is 3.93. The lowest BCUT2D eigenvalue weighted by Crippen LogP contribution is -2.22. The summed E-state index contributed by atoms with van der Waals surface area (Å²) in [5.41, 5.74) is 4.07. The summed E-state index contributed by atoms with van der Waals surface area (Å²) in [5, 5.41) is 10.7. The molecule has 0 atom stereocenters. The molecule has 0 aliphatic carbocycles. The van der Waals surface area contributed by atoms with Gasteiger partial charge in [-0.15, -0.1) is 11.3 Å². The van der Waals surface area contributed by atoms with E-state index in [-0.39, 0.29) is 5.91 Å². The van der Waals surface area contributed by atoms with Gasteiger partial charge in [-0.05, 0) is 30.3 Å². The van der Waals surface area contributed by atoms with Crippen molar-refractivity contribution in [3.05, 3.63) is 89.0 Å². The molecular weight excluding hydrogens is 396 g/mol. The lowest BCUT2D eigenvalue weighted by Gasteiger charge is -2.04. The zero-order chi connectivity index (χ0) is 20.3. The average Bonchev–Trinajstić information content (AvgIpc) is 3.45. The molecular formula is C23H16N4O2S. The van der Waals surface area contributed by atoms with E-state index in [9.17, 15) is 4.79 Å². The zero-order valence-electron chi connectivity index (χ0n) is 15.8. The Morgan fingerprint density at radius 3 is 2.67 bits per heavy atom. The standard InChI is InChI=1S/C23H16N4O2S/c28-23(25-13-21-26-20(14-30-21)15-8-10-24-11-9-15)17-6-7-19-18(12-17)22(29-27-19)16-4-2-1-3-5-16/h1-12,14H,13H2,(H,25,28). The molecule has 1 amide bonds. The first-order valence-electron chi connectivity index (χ1n) is 9.36. The van der Waals surface area contributed by atoms with Gasteiger partial charge in [-0.2, -0.15) is 0 Å². The topological polar surface area (TPSA) is 80.9 Å². The van der Waals surface area contributed by atoms with Crippen LogP contribution in [0.2, 0.25) is 0 Å². The Bertz CT molecular complexity index is 1310. The van der Waals surface area contributed by atoms with Crippen molar-refractivity contribution in [1.82, 2.24) is 20.4 Å². The third-order valence-corrected chi connectivity index (χ3v) is 5.55. The van der Waals surface area contributed by atoms with E-state index in [4.69, 9.17) is 4.52 Å². The Morgan fingerprint density at radius 1 is 1.00 bits per heavy atom. The minimum atomic E-state index is -0.169. The summed E-state index contributed by atoms with van der Waals surface area (Å²) in [7, 11) is 0. The fraction of sp³-hybridized carbons (Fsp3) is 0.0435. The SMILES string of the molecule is O=C(NCc1nc(-c2ccncc2)cs1)c1ccc2noc(-c3ccccc3)c2c1. The normalized spacial score (nSPS) is 10.9. The van der Waals surface area contributed by atoms with Crippen LogP contribution in [-0.4, -0.2) is 21.0 Å². The van der Waals surface area contributed by atoms with Crippen LogP contribution in [0.5, 0.6) is 0 Å². The fourth-order valence-electron chi connectivity index (χ4n) is 3.19. The maximum atomic E-state index is 12.7. The van der Waals surface area contributed by atoms with Crippen LogP contribution in [0, 0.1) is 0 Å². The number of benzene rings is 2. The number of nitrogens with one attached hydrogen (secondary N) is 1. The first-order valence-corrected chi connectivity index (χ1v) is 10.2. The summed E-state index contributed by atoms with van der Waals surface area (Å²) in [6.45, 7) is 0.363. The Hall–Kier alpha value is -3.84. The maximum absolute atomic E-state index is 12.7. The summed E-state index contributed by atoms with van der Waals surface area (Å²) < 4.78 is 5.52. The molecule has 0 unspecified atom stereocenters. The van der Waals surface area contributed by atoms with Gasteiger partial charge >= 0.3 is 0 Å². The number of carbonyl (C=O) groups excluding carboxylic acids is 1. The van der Waals surface area contributed by atoms with E-state index < -0.39 is 0 Å². The van der Waals surface area contributed by atoms with Crippen LogP contribution in [-0.2, 0) is 6.54 Å². The van der Waals surface area contributed by atoms with Crippen LogP contribution >= 0.6 is 11.3 Å². The van der Waals surface area contributed by atoms with Gasteiger partial charge in [0.05, 0.1) is 17.6 Å². The van der Waals surface area contributed by atoms with Crippen molar-refractivity contribution in [2.24, 2.45) is 0 Å². The molecule has 0 fully saturated rings. The lowest BCUT2D eigenvalue weighted by atomic mass is 10.1. The summed E-state index contributed by atoms with van der Waals surface area (Å²) in [6.07, 6.45) is 3.47. The molecule has 5 aromatic rings. The molecule has 0 bridgehead atoms. The third-order valence-electron chi connectivity index (χ3n) is 4.70. The molecule has 0 aliphatic heterocycles. The number of aromatic nitrogens is 3. The van der Waals surface area contributed by atoms with E-state index in [1.54, 1.807) is 24.5 Å². The Labute approximate surface area is 176 Å². The van der Waals surface area contributed by atoms with Gasteiger partial charge in [0.25, 0.3) is 5.91 Å². The Balaban J connectivity index is 1.34. The highest BCUT2D eigenvalue weighted by Crippen LogP contribution is 2.29. The van der Waals surface area contributed by atoms with Crippen LogP contribution in [0.3, 0.4) is 0 Å². The second-order valence-electron chi connectivity index (χ2n) is 6.65. The Morgan fingerprint density at radius 2 is 1.83 bits per heavy atom. The number of carbonyl (C=O) groups is 1. The highest BCUT2D eigenvalue weighted by Gasteiger charge is 2.14. The molecule has 3 heterocycles. The molecule has 6 nitrogen and oxygen atoms in total. The summed E-state index contributed by atoms with van der Waals surface area (Å²) in [4.78, 5) is 21.3.